The van der Waals surface area contributed by atoms with Crippen LogP contribution in [0.2, 0.25) is 0 Å². The monoisotopic (exact) mass is 400 g/mol. The number of nitrogens with zero attached hydrogens (tertiary/aromatic N) is 4. The summed E-state index contributed by atoms with van der Waals surface area (Å²) < 4.78 is 4.25. The largest absolute Gasteiger partial charge is 0.340 e. The smallest absolute Gasteiger partial charge is 0.253 e. The summed E-state index contributed by atoms with van der Waals surface area (Å²) in [6.45, 7) is 8.50. The van der Waals surface area contributed by atoms with E-state index in [4.69, 9.17) is 0 Å². The zero-order valence-corrected chi connectivity index (χ0v) is 18.1. The second-order valence-electron chi connectivity index (χ2n) is 7.81. The molecule has 2 heterocycles. The fourth-order valence-electron chi connectivity index (χ4n) is 4.07. The molecule has 0 atom stereocenters. The summed E-state index contributed by atoms with van der Waals surface area (Å²) in [5, 5.41) is 5.44. The second kappa shape index (κ2) is 8.19. The molecule has 0 aliphatic rings. The fourth-order valence-corrected chi connectivity index (χ4v) is 4.07. The number of aryl methyl sites for hydroxylation is 2. The summed E-state index contributed by atoms with van der Waals surface area (Å²) in [5.74, 6) is 0.0219. The average molecular weight is 401 g/mol. The Morgan fingerprint density at radius 2 is 1.83 bits per heavy atom. The molecular weight excluding hydrogens is 372 g/mol. The third-order valence-corrected chi connectivity index (χ3v) is 5.92. The Labute approximate surface area is 177 Å². The minimum absolute atomic E-state index is 0.0219. The molecule has 5 heteroatoms. The van der Waals surface area contributed by atoms with Crippen molar-refractivity contribution < 1.29 is 4.79 Å². The van der Waals surface area contributed by atoms with Gasteiger partial charge in [-0.3, -0.25) is 9.48 Å². The minimum Gasteiger partial charge on any atom is -0.340 e. The summed E-state index contributed by atoms with van der Waals surface area (Å²) in [5.41, 5.74) is 6.64. The van der Waals surface area contributed by atoms with E-state index >= 15 is 0 Å². The molecule has 0 aliphatic carbocycles. The zero-order valence-electron chi connectivity index (χ0n) is 18.1. The Hall–Kier alpha value is -3.34. The van der Waals surface area contributed by atoms with Crippen LogP contribution in [0.1, 0.15) is 39.8 Å². The van der Waals surface area contributed by atoms with Gasteiger partial charge in [-0.2, -0.15) is 5.10 Å². The lowest BCUT2D eigenvalue weighted by Gasteiger charge is -2.18. The average Bonchev–Trinajstić information content (AvgIpc) is 3.31. The Kier molecular flexibility index (Phi) is 5.44. The van der Waals surface area contributed by atoms with Crippen LogP contribution < -0.4 is 0 Å². The lowest BCUT2D eigenvalue weighted by Crippen LogP contribution is -2.27. The van der Waals surface area contributed by atoms with Gasteiger partial charge in [-0.1, -0.05) is 30.3 Å². The van der Waals surface area contributed by atoms with Gasteiger partial charge in [-0.05, 0) is 56.2 Å². The molecule has 5 nitrogen and oxygen atoms in total. The van der Waals surface area contributed by atoms with Crippen LogP contribution in [-0.4, -0.2) is 32.2 Å². The van der Waals surface area contributed by atoms with E-state index in [-0.39, 0.29) is 5.91 Å². The topological polar surface area (TPSA) is 43.1 Å². The standard InChI is InChI=1S/C25H28N4O/c1-5-29-22(13-14-26-29)17-27(4)25(30)21-11-12-24-23(15-21)18(2)19(3)28(24)16-20-9-7-6-8-10-20/h6-15H,5,16-17H2,1-4H3. The van der Waals surface area contributed by atoms with E-state index in [0.717, 1.165) is 29.7 Å². The maximum Gasteiger partial charge on any atom is 0.253 e. The van der Waals surface area contributed by atoms with Gasteiger partial charge in [0.25, 0.3) is 5.91 Å². The summed E-state index contributed by atoms with van der Waals surface area (Å²) in [6, 6.07) is 18.5. The van der Waals surface area contributed by atoms with Crippen molar-refractivity contribution in [2.24, 2.45) is 0 Å². The summed E-state index contributed by atoms with van der Waals surface area (Å²) in [4.78, 5) is 14.9. The predicted octanol–water partition coefficient (Wildman–Crippen LogP) is 4.80. The summed E-state index contributed by atoms with van der Waals surface area (Å²) >= 11 is 0. The van der Waals surface area contributed by atoms with E-state index in [9.17, 15) is 4.79 Å². The Morgan fingerprint density at radius 1 is 1.07 bits per heavy atom. The summed E-state index contributed by atoms with van der Waals surface area (Å²) in [6.07, 6.45) is 1.78. The van der Waals surface area contributed by atoms with Crippen molar-refractivity contribution in [3.63, 3.8) is 0 Å². The number of fused-ring (bicyclic) bond motifs is 1. The van der Waals surface area contributed by atoms with Crippen molar-refractivity contribution in [1.29, 1.82) is 0 Å². The molecule has 2 aromatic heterocycles. The molecule has 0 bridgehead atoms. The van der Waals surface area contributed by atoms with Crippen molar-refractivity contribution in [1.82, 2.24) is 19.2 Å². The van der Waals surface area contributed by atoms with Crippen molar-refractivity contribution >= 4 is 16.8 Å². The highest BCUT2D eigenvalue weighted by molar-refractivity contribution is 5.99. The number of carbonyl (C=O) groups is 1. The first-order valence-electron chi connectivity index (χ1n) is 10.4. The van der Waals surface area contributed by atoms with Gasteiger partial charge in [0, 0.05) is 48.5 Å². The van der Waals surface area contributed by atoms with Gasteiger partial charge < -0.3 is 9.47 Å². The van der Waals surface area contributed by atoms with Crippen molar-refractivity contribution in [3.05, 3.63) is 88.9 Å². The lowest BCUT2D eigenvalue weighted by atomic mass is 10.1. The number of benzene rings is 2. The van der Waals surface area contributed by atoms with E-state index in [1.54, 1.807) is 11.1 Å². The van der Waals surface area contributed by atoms with Gasteiger partial charge in [0.15, 0.2) is 0 Å². The first kappa shape index (κ1) is 20.0. The number of amides is 1. The highest BCUT2D eigenvalue weighted by atomic mass is 16.2. The normalized spacial score (nSPS) is 11.2. The quantitative estimate of drug-likeness (QED) is 0.467. The van der Waals surface area contributed by atoms with Crippen LogP contribution in [0.15, 0.2) is 60.8 Å². The highest BCUT2D eigenvalue weighted by Crippen LogP contribution is 2.27. The number of hydrogen-bond acceptors (Lipinski definition) is 2. The van der Waals surface area contributed by atoms with Gasteiger partial charge in [-0.25, -0.2) is 0 Å². The molecular formula is C25H28N4O. The number of hydrogen-bond donors (Lipinski definition) is 0. The van der Waals surface area contributed by atoms with Crippen molar-refractivity contribution in [3.8, 4) is 0 Å². The molecule has 0 radical (unpaired) electrons. The lowest BCUT2D eigenvalue weighted by molar-refractivity contribution is 0.0781. The Bertz CT molecular complexity index is 1190. The van der Waals surface area contributed by atoms with Crippen molar-refractivity contribution in [2.45, 2.75) is 40.4 Å². The maximum atomic E-state index is 13.1. The summed E-state index contributed by atoms with van der Waals surface area (Å²) in [7, 11) is 1.85. The molecule has 0 fully saturated rings. The Balaban J connectivity index is 1.63. The van der Waals surface area contributed by atoms with Gasteiger partial charge in [0.1, 0.15) is 0 Å². The van der Waals surface area contributed by atoms with Crippen LogP contribution in [0.3, 0.4) is 0 Å². The van der Waals surface area contributed by atoms with Crippen LogP contribution in [0, 0.1) is 13.8 Å². The highest BCUT2D eigenvalue weighted by Gasteiger charge is 2.17. The molecule has 2 aromatic carbocycles. The molecule has 154 valence electrons. The molecule has 0 aliphatic heterocycles. The van der Waals surface area contributed by atoms with Gasteiger partial charge in [0.2, 0.25) is 0 Å². The van der Waals surface area contributed by atoms with E-state index in [1.807, 2.05) is 36.0 Å². The molecule has 0 saturated heterocycles. The molecule has 30 heavy (non-hydrogen) atoms. The SMILES string of the molecule is CCn1nccc1CN(C)C(=O)c1ccc2c(c1)c(C)c(C)n2Cc1ccccc1. The number of aromatic nitrogens is 3. The Morgan fingerprint density at radius 3 is 2.57 bits per heavy atom. The van der Waals surface area contributed by atoms with Gasteiger partial charge in [0.05, 0.1) is 12.2 Å². The fraction of sp³-hybridized carbons (Fsp3) is 0.280. The molecule has 0 unspecified atom stereocenters. The van der Waals surface area contributed by atoms with Gasteiger partial charge >= 0.3 is 0 Å². The van der Waals surface area contributed by atoms with E-state index in [1.165, 1.54) is 16.8 Å². The molecule has 0 N–H and O–H groups in total. The second-order valence-corrected chi connectivity index (χ2v) is 7.81. The van der Waals surface area contributed by atoms with E-state index in [2.05, 4.69) is 60.8 Å². The first-order valence-corrected chi connectivity index (χ1v) is 10.4. The first-order chi connectivity index (χ1) is 14.5. The van der Waals surface area contributed by atoms with Crippen LogP contribution in [-0.2, 0) is 19.6 Å². The molecule has 4 rings (SSSR count). The van der Waals surface area contributed by atoms with Crippen LogP contribution in [0.25, 0.3) is 10.9 Å². The number of rotatable bonds is 6. The third kappa shape index (κ3) is 3.63. The molecule has 1 amide bonds. The van der Waals surface area contributed by atoms with Crippen LogP contribution in [0.5, 0.6) is 0 Å². The molecule has 0 spiro atoms. The van der Waals surface area contributed by atoms with E-state index < -0.39 is 0 Å². The molecule has 0 saturated carbocycles. The predicted molar refractivity (Wildman–Crippen MR) is 121 cm³/mol. The minimum atomic E-state index is 0.0219. The third-order valence-electron chi connectivity index (χ3n) is 5.92. The zero-order chi connectivity index (χ0) is 21.3. The van der Waals surface area contributed by atoms with E-state index in [0.29, 0.717) is 12.1 Å². The van der Waals surface area contributed by atoms with Gasteiger partial charge in [-0.15, -0.1) is 0 Å². The maximum absolute atomic E-state index is 13.1. The van der Waals surface area contributed by atoms with Crippen molar-refractivity contribution in [2.75, 3.05) is 7.05 Å². The molecule has 4 aromatic rings. The number of carbonyl (C=O) groups excluding carboxylic acids is 1. The van der Waals surface area contributed by atoms with Crippen LogP contribution >= 0.6 is 0 Å². The van der Waals surface area contributed by atoms with Crippen LogP contribution in [0.4, 0.5) is 0 Å².